The van der Waals surface area contributed by atoms with E-state index < -0.39 is 6.10 Å². The van der Waals surface area contributed by atoms with Gasteiger partial charge in [-0.1, -0.05) is 30.3 Å². The summed E-state index contributed by atoms with van der Waals surface area (Å²) >= 11 is 0. The number of para-hydroxylation sites is 1. The average molecular weight is 258 g/mol. The summed E-state index contributed by atoms with van der Waals surface area (Å²) in [6.45, 7) is 0.279. The first-order chi connectivity index (χ1) is 9.28. The third-order valence-electron chi connectivity index (χ3n) is 2.79. The maximum atomic E-state index is 9.96. The van der Waals surface area contributed by atoms with Crippen LogP contribution in [-0.4, -0.2) is 24.9 Å². The number of methoxy groups -OCH3 is 1. The molecule has 1 unspecified atom stereocenters. The van der Waals surface area contributed by atoms with Crippen LogP contribution in [0.25, 0.3) is 0 Å². The minimum Gasteiger partial charge on any atom is -0.497 e. The van der Waals surface area contributed by atoms with E-state index in [0.29, 0.717) is 6.42 Å². The molecule has 0 amide bonds. The van der Waals surface area contributed by atoms with Crippen molar-refractivity contribution in [1.82, 2.24) is 0 Å². The molecule has 0 bridgehead atoms. The number of rotatable bonds is 6. The second-order valence-corrected chi connectivity index (χ2v) is 4.33. The second-order valence-electron chi connectivity index (χ2n) is 4.33. The fourth-order valence-corrected chi connectivity index (χ4v) is 1.84. The molecule has 19 heavy (non-hydrogen) atoms. The lowest BCUT2D eigenvalue weighted by Crippen LogP contribution is -2.20. The largest absolute Gasteiger partial charge is 0.497 e. The zero-order valence-electron chi connectivity index (χ0n) is 11.0. The van der Waals surface area contributed by atoms with Gasteiger partial charge in [-0.05, 0) is 29.8 Å². The van der Waals surface area contributed by atoms with Crippen molar-refractivity contribution in [3.05, 3.63) is 60.2 Å². The molecular weight excluding hydrogens is 240 g/mol. The molecule has 0 aliphatic carbocycles. The Morgan fingerprint density at radius 3 is 2.47 bits per heavy atom. The fourth-order valence-electron chi connectivity index (χ4n) is 1.84. The number of ether oxygens (including phenoxy) is 2. The Morgan fingerprint density at radius 2 is 1.74 bits per heavy atom. The van der Waals surface area contributed by atoms with Crippen LogP contribution in [0.1, 0.15) is 5.56 Å². The van der Waals surface area contributed by atoms with Crippen LogP contribution < -0.4 is 9.47 Å². The van der Waals surface area contributed by atoms with E-state index in [0.717, 1.165) is 17.1 Å². The molecule has 3 heteroatoms. The van der Waals surface area contributed by atoms with E-state index in [4.69, 9.17) is 9.47 Å². The van der Waals surface area contributed by atoms with Crippen LogP contribution in [0.2, 0.25) is 0 Å². The molecule has 2 aromatic carbocycles. The van der Waals surface area contributed by atoms with E-state index in [1.165, 1.54) is 0 Å². The molecule has 0 aliphatic heterocycles. The summed E-state index contributed by atoms with van der Waals surface area (Å²) in [7, 11) is 1.63. The molecule has 0 spiro atoms. The lowest BCUT2D eigenvalue weighted by molar-refractivity contribution is 0.107. The van der Waals surface area contributed by atoms with E-state index in [9.17, 15) is 5.11 Å². The smallest absolute Gasteiger partial charge is 0.119 e. The van der Waals surface area contributed by atoms with Gasteiger partial charge in [0.1, 0.15) is 18.1 Å². The first-order valence-electron chi connectivity index (χ1n) is 6.27. The van der Waals surface area contributed by atoms with Gasteiger partial charge in [0.05, 0.1) is 13.2 Å². The van der Waals surface area contributed by atoms with Gasteiger partial charge >= 0.3 is 0 Å². The number of aliphatic hydroxyl groups excluding tert-OH is 1. The minimum atomic E-state index is -0.535. The van der Waals surface area contributed by atoms with Crippen LogP contribution in [-0.2, 0) is 6.42 Å². The third kappa shape index (κ3) is 4.30. The van der Waals surface area contributed by atoms with Crippen LogP contribution in [0.5, 0.6) is 11.5 Å². The molecular formula is C16H18O3. The van der Waals surface area contributed by atoms with Gasteiger partial charge in [0, 0.05) is 6.42 Å². The fraction of sp³-hybridized carbons (Fsp3) is 0.250. The van der Waals surface area contributed by atoms with Crippen LogP contribution in [0.3, 0.4) is 0 Å². The molecule has 0 heterocycles. The summed E-state index contributed by atoms with van der Waals surface area (Å²) in [4.78, 5) is 0. The van der Waals surface area contributed by atoms with Crippen molar-refractivity contribution in [3.63, 3.8) is 0 Å². The Bertz CT molecular complexity index is 496. The van der Waals surface area contributed by atoms with Gasteiger partial charge in [-0.25, -0.2) is 0 Å². The highest BCUT2D eigenvalue weighted by molar-refractivity contribution is 5.28. The molecule has 1 atom stereocenters. The predicted octanol–water partition coefficient (Wildman–Crippen LogP) is 2.68. The van der Waals surface area contributed by atoms with E-state index in [-0.39, 0.29) is 6.61 Å². The Labute approximate surface area is 113 Å². The summed E-state index contributed by atoms with van der Waals surface area (Å²) in [6.07, 6.45) is 0.0108. The lowest BCUT2D eigenvalue weighted by atomic mass is 10.1. The summed E-state index contributed by atoms with van der Waals surface area (Å²) in [5.74, 6) is 1.57. The number of hydrogen-bond acceptors (Lipinski definition) is 3. The van der Waals surface area contributed by atoms with Crippen LogP contribution in [0, 0.1) is 0 Å². The maximum absolute atomic E-state index is 9.96. The van der Waals surface area contributed by atoms with Crippen molar-refractivity contribution >= 4 is 0 Å². The molecule has 0 aliphatic rings. The SMILES string of the molecule is COc1cccc(CC(O)COc2ccccc2)c1. The maximum Gasteiger partial charge on any atom is 0.119 e. The molecule has 100 valence electrons. The first kappa shape index (κ1) is 13.4. The van der Waals surface area contributed by atoms with Gasteiger partial charge in [-0.3, -0.25) is 0 Å². The standard InChI is InChI=1S/C16H18O3/c1-18-16-9-5-6-13(11-16)10-14(17)12-19-15-7-3-2-4-8-15/h2-9,11,14,17H,10,12H2,1H3. The third-order valence-corrected chi connectivity index (χ3v) is 2.79. The van der Waals surface area contributed by atoms with Gasteiger partial charge in [-0.2, -0.15) is 0 Å². The summed E-state index contributed by atoms with van der Waals surface area (Å²) < 4.78 is 10.7. The van der Waals surface area contributed by atoms with Crippen molar-refractivity contribution in [3.8, 4) is 11.5 Å². The molecule has 2 rings (SSSR count). The normalized spacial score (nSPS) is 11.9. The van der Waals surface area contributed by atoms with Gasteiger partial charge in [-0.15, -0.1) is 0 Å². The zero-order valence-corrected chi connectivity index (χ0v) is 11.0. The molecule has 0 radical (unpaired) electrons. The van der Waals surface area contributed by atoms with Crippen LogP contribution >= 0.6 is 0 Å². The van der Waals surface area contributed by atoms with Gasteiger partial charge < -0.3 is 14.6 Å². The van der Waals surface area contributed by atoms with Crippen molar-refractivity contribution in [2.75, 3.05) is 13.7 Å². The summed E-state index contributed by atoms with van der Waals surface area (Å²) in [6, 6.07) is 17.2. The second kappa shape index (κ2) is 6.81. The van der Waals surface area contributed by atoms with E-state index in [2.05, 4.69) is 0 Å². The molecule has 0 saturated heterocycles. The molecule has 1 N–H and O–H groups in total. The zero-order chi connectivity index (χ0) is 13.5. The van der Waals surface area contributed by atoms with Crippen LogP contribution in [0.4, 0.5) is 0 Å². The summed E-state index contributed by atoms with van der Waals surface area (Å²) in [5.41, 5.74) is 1.03. The highest BCUT2D eigenvalue weighted by Gasteiger charge is 2.07. The van der Waals surface area contributed by atoms with Crippen molar-refractivity contribution in [2.24, 2.45) is 0 Å². The number of aliphatic hydroxyl groups is 1. The van der Waals surface area contributed by atoms with Gasteiger partial charge in [0.2, 0.25) is 0 Å². The molecule has 0 aromatic heterocycles. The van der Waals surface area contributed by atoms with E-state index >= 15 is 0 Å². The molecule has 0 saturated carbocycles. The Kier molecular flexibility index (Phi) is 4.81. The predicted molar refractivity (Wildman–Crippen MR) is 74.6 cm³/mol. The topological polar surface area (TPSA) is 38.7 Å². The van der Waals surface area contributed by atoms with Crippen molar-refractivity contribution < 1.29 is 14.6 Å². The Hall–Kier alpha value is -2.00. The highest BCUT2D eigenvalue weighted by atomic mass is 16.5. The minimum absolute atomic E-state index is 0.279. The quantitative estimate of drug-likeness (QED) is 0.865. The van der Waals surface area contributed by atoms with Gasteiger partial charge in [0.15, 0.2) is 0 Å². The average Bonchev–Trinajstić information content (AvgIpc) is 2.46. The van der Waals surface area contributed by atoms with E-state index in [1.807, 2.05) is 54.6 Å². The number of hydrogen-bond donors (Lipinski definition) is 1. The van der Waals surface area contributed by atoms with Crippen molar-refractivity contribution in [2.45, 2.75) is 12.5 Å². The Morgan fingerprint density at radius 1 is 1.00 bits per heavy atom. The highest BCUT2D eigenvalue weighted by Crippen LogP contribution is 2.15. The van der Waals surface area contributed by atoms with E-state index in [1.54, 1.807) is 7.11 Å². The van der Waals surface area contributed by atoms with Gasteiger partial charge in [0.25, 0.3) is 0 Å². The number of benzene rings is 2. The lowest BCUT2D eigenvalue weighted by Gasteiger charge is -2.13. The van der Waals surface area contributed by atoms with Crippen molar-refractivity contribution in [1.29, 1.82) is 0 Å². The monoisotopic (exact) mass is 258 g/mol. The molecule has 0 fully saturated rings. The molecule has 3 nitrogen and oxygen atoms in total. The van der Waals surface area contributed by atoms with Crippen LogP contribution in [0.15, 0.2) is 54.6 Å². The Balaban J connectivity index is 1.85. The first-order valence-corrected chi connectivity index (χ1v) is 6.27. The molecule has 2 aromatic rings. The summed E-state index contributed by atoms with van der Waals surface area (Å²) in [5, 5.41) is 9.96.